The van der Waals surface area contributed by atoms with Crippen LogP contribution in [0.2, 0.25) is 0 Å². The van der Waals surface area contributed by atoms with E-state index in [9.17, 15) is 0 Å². The van der Waals surface area contributed by atoms with E-state index in [0.717, 1.165) is 5.33 Å². The average molecular weight is 228 g/mol. The van der Waals surface area contributed by atoms with E-state index >= 15 is 0 Å². The lowest BCUT2D eigenvalue weighted by atomic mass is 9.87. The van der Waals surface area contributed by atoms with E-state index in [1.807, 2.05) is 0 Å². The molecule has 66 valence electrons. The third-order valence-electron chi connectivity index (χ3n) is 2.72. The molecule has 0 spiro atoms. The van der Waals surface area contributed by atoms with Crippen molar-refractivity contribution in [2.24, 2.45) is 5.92 Å². The van der Waals surface area contributed by atoms with Gasteiger partial charge in [-0.1, -0.05) is 28.1 Å². The molecule has 2 rings (SSSR count). The highest BCUT2D eigenvalue weighted by atomic mass is 79.9. The van der Waals surface area contributed by atoms with Crippen LogP contribution >= 0.6 is 15.9 Å². The minimum atomic E-state index is 0.691. The van der Waals surface area contributed by atoms with Crippen molar-refractivity contribution in [3.8, 4) is 0 Å². The number of hydrogen-bond donors (Lipinski definition) is 1. The molecule has 0 aromatic heterocycles. The lowest BCUT2D eigenvalue weighted by Crippen LogP contribution is -2.28. The molecule has 0 radical (unpaired) electrons. The Hall–Kier alpha value is -0.240. The summed E-state index contributed by atoms with van der Waals surface area (Å²) in [4.78, 5) is 0. The minimum Gasteiger partial charge on any atom is -0.387 e. The van der Waals surface area contributed by atoms with Gasteiger partial charge in [-0.2, -0.15) is 0 Å². The fourth-order valence-corrected chi connectivity index (χ4v) is 2.52. The highest BCUT2D eigenvalue weighted by Crippen LogP contribution is 2.31. The smallest absolute Gasteiger partial charge is 0.0359 e. The molecule has 0 aromatic carbocycles. The van der Waals surface area contributed by atoms with E-state index in [1.54, 1.807) is 5.57 Å². The summed E-state index contributed by atoms with van der Waals surface area (Å²) in [5.74, 6) is 0.691. The first kappa shape index (κ1) is 8.36. The third-order valence-corrected chi connectivity index (χ3v) is 3.11. The van der Waals surface area contributed by atoms with Gasteiger partial charge in [0.2, 0.25) is 0 Å². The molecule has 0 amide bonds. The highest BCUT2D eigenvalue weighted by molar-refractivity contribution is 9.09. The first-order chi connectivity index (χ1) is 5.92. The Kier molecular flexibility index (Phi) is 2.54. The summed E-state index contributed by atoms with van der Waals surface area (Å²) in [6.07, 6.45) is 10.6. The van der Waals surface area contributed by atoms with Gasteiger partial charge >= 0.3 is 0 Å². The third kappa shape index (κ3) is 1.45. The largest absolute Gasteiger partial charge is 0.387 e. The molecular formula is C10H14BrN. The summed E-state index contributed by atoms with van der Waals surface area (Å²) >= 11 is 3.48. The van der Waals surface area contributed by atoms with Crippen molar-refractivity contribution in [1.29, 1.82) is 0 Å². The van der Waals surface area contributed by atoms with Crippen LogP contribution < -0.4 is 5.32 Å². The molecule has 1 nitrogen and oxygen atoms in total. The molecular weight excluding hydrogens is 214 g/mol. The van der Waals surface area contributed by atoms with Gasteiger partial charge in [0, 0.05) is 17.3 Å². The summed E-state index contributed by atoms with van der Waals surface area (Å²) in [5.41, 5.74) is 1.56. The van der Waals surface area contributed by atoms with Gasteiger partial charge in [-0.15, -0.1) is 0 Å². The maximum Gasteiger partial charge on any atom is 0.0359 e. The van der Waals surface area contributed by atoms with Crippen LogP contribution in [-0.4, -0.2) is 11.4 Å². The number of fused-ring (bicyclic) bond motifs is 1. The SMILES string of the molecule is BrCCC1=CNC2CCC=CC12. The molecule has 0 saturated heterocycles. The zero-order chi connectivity index (χ0) is 8.39. The van der Waals surface area contributed by atoms with E-state index in [1.165, 1.54) is 19.3 Å². The van der Waals surface area contributed by atoms with Gasteiger partial charge in [0.05, 0.1) is 0 Å². The van der Waals surface area contributed by atoms with E-state index in [-0.39, 0.29) is 0 Å². The van der Waals surface area contributed by atoms with E-state index < -0.39 is 0 Å². The van der Waals surface area contributed by atoms with Crippen molar-refractivity contribution < 1.29 is 0 Å². The fraction of sp³-hybridized carbons (Fsp3) is 0.600. The molecule has 0 fully saturated rings. The van der Waals surface area contributed by atoms with Crippen molar-refractivity contribution in [3.63, 3.8) is 0 Å². The van der Waals surface area contributed by atoms with Crippen molar-refractivity contribution in [3.05, 3.63) is 23.9 Å². The Morgan fingerprint density at radius 3 is 3.33 bits per heavy atom. The van der Waals surface area contributed by atoms with Crippen LogP contribution in [0.4, 0.5) is 0 Å². The van der Waals surface area contributed by atoms with Gasteiger partial charge in [-0.05, 0) is 31.0 Å². The summed E-state index contributed by atoms with van der Waals surface area (Å²) in [6.45, 7) is 0. The molecule has 2 unspecified atom stereocenters. The normalized spacial score (nSPS) is 32.6. The number of rotatable bonds is 2. The van der Waals surface area contributed by atoms with Crippen LogP contribution in [0.3, 0.4) is 0 Å². The number of nitrogens with one attached hydrogen (secondary N) is 1. The van der Waals surface area contributed by atoms with Crippen molar-refractivity contribution in [2.45, 2.75) is 25.3 Å². The zero-order valence-corrected chi connectivity index (χ0v) is 8.68. The van der Waals surface area contributed by atoms with Gasteiger partial charge in [0.1, 0.15) is 0 Å². The summed E-state index contributed by atoms with van der Waals surface area (Å²) in [7, 11) is 0. The van der Waals surface area contributed by atoms with E-state index in [0.29, 0.717) is 12.0 Å². The van der Waals surface area contributed by atoms with Gasteiger partial charge in [0.15, 0.2) is 0 Å². The average Bonchev–Trinajstić information content (AvgIpc) is 2.50. The molecule has 2 aliphatic rings. The molecule has 0 bridgehead atoms. The molecule has 1 N–H and O–H groups in total. The predicted molar refractivity (Wildman–Crippen MR) is 55.3 cm³/mol. The number of halogens is 1. The first-order valence-corrected chi connectivity index (χ1v) is 5.71. The lowest BCUT2D eigenvalue weighted by molar-refractivity contribution is 0.482. The second kappa shape index (κ2) is 3.65. The number of allylic oxidation sites excluding steroid dienone is 1. The van der Waals surface area contributed by atoms with Crippen LogP contribution in [0.5, 0.6) is 0 Å². The second-order valence-corrected chi connectivity index (χ2v) is 4.26. The Morgan fingerprint density at radius 2 is 2.50 bits per heavy atom. The lowest BCUT2D eigenvalue weighted by Gasteiger charge is -2.22. The maximum absolute atomic E-state index is 3.48. The fourth-order valence-electron chi connectivity index (χ4n) is 2.06. The molecule has 2 heteroatoms. The molecule has 0 saturated carbocycles. The molecule has 0 aromatic rings. The monoisotopic (exact) mass is 227 g/mol. The Morgan fingerprint density at radius 1 is 1.58 bits per heavy atom. The van der Waals surface area contributed by atoms with Crippen molar-refractivity contribution in [2.75, 3.05) is 5.33 Å². The van der Waals surface area contributed by atoms with Crippen LogP contribution in [0.1, 0.15) is 19.3 Å². The van der Waals surface area contributed by atoms with E-state index in [2.05, 4.69) is 39.6 Å². The summed E-state index contributed by atoms with van der Waals surface area (Å²) in [5, 5.41) is 4.54. The number of alkyl halides is 1. The van der Waals surface area contributed by atoms with Gasteiger partial charge in [-0.3, -0.25) is 0 Å². The quantitative estimate of drug-likeness (QED) is 0.565. The Bertz CT molecular complexity index is 220. The standard InChI is InChI=1S/C10H14BrN/c11-6-5-8-7-12-10-4-2-1-3-9(8)10/h1,3,7,9-10,12H,2,4-6H2. The molecule has 12 heavy (non-hydrogen) atoms. The maximum atomic E-state index is 3.48. The van der Waals surface area contributed by atoms with Crippen molar-refractivity contribution in [1.82, 2.24) is 5.32 Å². The Labute approximate surface area is 82.1 Å². The number of hydrogen-bond acceptors (Lipinski definition) is 1. The zero-order valence-electron chi connectivity index (χ0n) is 7.09. The highest BCUT2D eigenvalue weighted by Gasteiger charge is 2.27. The molecule has 2 atom stereocenters. The van der Waals surface area contributed by atoms with Crippen molar-refractivity contribution >= 4 is 15.9 Å². The van der Waals surface area contributed by atoms with Crippen LogP contribution in [-0.2, 0) is 0 Å². The summed E-state index contributed by atoms with van der Waals surface area (Å²) in [6, 6.07) is 0.698. The van der Waals surface area contributed by atoms with E-state index in [4.69, 9.17) is 0 Å². The van der Waals surface area contributed by atoms with Gasteiger partial charge in [0.25, 0.3) is 0 Å². The predicted octanol–water partition coefficient (Wildman–Crippen LogP) is 2.59. The molecule has 1 aliphatic carbocycles. The van der Waals surface area contributed by atoms with Gasteiger partial charge in [-0.25, -0.2) is 0 Å². The summed E-state index contributed by atoms with van der Waals surface area (Å²) < 4.78 is 0. The molecule has 1 aliphatic heterocycles. The van der Waals surface area contributed by atoms with Crippen LogP contribution in [0.25, 0.3) is 0 Å². The van der Waals surface area contributed by atoms with Gasteiger partial charge < -0.3 is 5.32 Å². The molecule has 1 heterocycles. The second-order valence-electron chi connectivity index (χ2n) is 3.46. The Balaban J connectivity index is 2.06. The minimum absolute atomic E-state index is 0.691. The topological polar surface area (TPSA) is 12.0 Å². The first-order valence-electron chi connectivity index (χ1n) is 4.59. The van der Waals surface area contributed by atoms with Crippen LogP contribution in [0, 0.1) is 5.92 Å². The van der Waals surface area contributed by atoms with Crippen LogP contribution in [0.15, 0.2) is 23.9 Å².